The van der Waals surface area contributed by atoms with E-state index in [1.165, 1.54) is 0 Å². The van der Waals surface area contributed by atoms with Gasteiger partial charge in [0.2, 0.25) is 0 Å². The summed E-state index contributed by atoms with van der Waals surface area (Å²) < 4.78 is 0. The van der Waals surface area contributed by atoms with E-state index in [1.54, 1.807) is 13.8 Å². The molecule has 94 valence electrons. The zero-order valence-electron chi connectivity index (χ0n) is 9.90. The van der Waals surface area contributed by atoms with Crippen molar-refractivity contribution in [3.8, 4) is 0 Å². The van der Waals surface area contributed by atoms with Crippen LogP contribution < -0.4 is 11.1 Å². The van der Waals surface area contributed by atoms with Gasteiger partial charge in [-0.2, -0.15) is 0 Å². The van der Waals surface area contributed by atoms with Gasteiger partial charge < -0.3 is 0 Å². The number of aliphatic carboxylic acids is 1. The summed E-state index contributed by atoms with van der Waals surface area (Å²) >= 11 is 0.488. The van der Waals surface area contributed by atoms with E-state index in [9.17, 15) is 9.59 Å². The van der Waals surface area contributed by atoms with Crippen LogP contribution in [0.4, 0.5) is 0 Å². The molecule has 0 rings (SSSR count). The summed E-state index contributed by atoms with van der Waals surface area (Å²) in [5.41, 5.74) is 5.66. The van der Waals surface area contributed by atoms with Crippen molar-refractivity contribution in [3.05, 3.63) is 0 Å². The van der Waals surface area contributed by atoms with Gasteiger partial charge in [0.1, 0.15) is 0 Å². The second-order valence-corrected chi connectivity index (χ2v) is 6.02. The van der Waals surface area contributed by atoms with Gasteiger partial charge in [-0.1, -0.05) is 0 Å². The van der Waals surface area contributed by atoms with Crippen LogP contribution in [0.5, 0.6) is 0 Å². The first-order valence-electron chi connectivity index (χ1n) is 5.17. The second-order valence-electron chi connectivity index (χ2n) is 3.96. The molecule has 0 aliphatic heterocycles. The number of rotatable bonds is 7. The SMILES string of the molecule is C[Se]CCC(N)C(=O)NC(C(=O)O)C(C)C. The van der Waals surface area contributed by atoms with Crippen molar-refractivity contribution in [2.75, 3.05) is 0 Å². The monoisotopic (exact) mass is 296 g/mol. The molecule has 0 heterocycles. The molecule has 4 N–H and O–H groups in total. The van der Waals surface area contributed by atoms with Crippen molar-refractivity contribution >= 4 is 26.8 Å². The molecule has 5 nitrogen and oxygen atoms in total. The Kier molecular flexibility index (Phi) is 7.38. The normalized spacial score (nSPS) is 14.6. The Labute approximate surface area is 102 Å². The molecule has 0 aliphatic carbocycles. The van der Waals surface area contributed by atoms with Crippen LogP contribution in [0.25, 0.3) is 0 Å². The molecule has 2 unspecified atom stereocenters. The van der Waals surface area contributed by atoms with Crippen LogP contribution in [-0.4, -0.2) is 44.0 Å². The van der Waals surface area contributed by atoms with Crippen LogP contribution >= 0.6 is 0 Å². The average molecular weight is 295 g/mol. The average Bonchev–Trinajstić information content (AvgIpc) is 2.20. The van der Waals surface area contributed by atoms with Crippen molar-refractivity contribution < 1.29 is 14.7 Å². The fourth-order valence-corrected chi connectivity index (χ4v) is 2.18. The number of nitrogens with one attached hydrogen (secondary N) is 1. The summed E-state index contributed by atoms with van der Waals surface area (Å²) in [7, 11) is 0. The molecule has 0 fully saturated rings. The van der Waals surface area contributed by atoms with E-state index in [4.69, 9.17) is 10.8 Å². The van der Waals surface area contributed by atoms with Gasteiger partial charge in [0.05, 0.1) is 0 Å². The number of carbonyl (C=O) groups is 2. The fourth-order valence-electron chi connectivity index (χ4n) is 1.15. The van der Waals surface area contributed by atoms with Gasteiger partial charge in [-0.25, -0.2) is 0 Å². The first-order chi connectivity index (χ1) is 7.40. The Morgan fingerprint density at radius 1 is 1.44 bits per heavy atom. The molecule has 6 heteroatoms. The number of carboxylic acid groups (broad SMARTS) is 1. The summed E-state index contributed by atoms with van der Waals surface area (Å²) in [5.74, 6) is 0.538. The number of amides is 1. The van der Waals surface area contributed by atoms with Crippen molar-refractivity contribution in [1.82, 2.24) is 5.32 Å². The molecule has 1 amide bonds. The zero-order valence-corrected chi connectivity index (χ0v) is 11.6. The van der Waals surface area contributed by atoms with Gasteiger partial charge in [-0.15, -0.1) is 0 Å². The molecule has 0 aromatic carbocycles. The summed E-state index contributed by atoms with van der Waals surface area (Å²) in [5, 5.41) is 12.3. The van der Waals surface area contributed by atoms with Gasteiger partial charge in [0, 0.05) is 0 Å². The number of hydrogen-bond donors (Lipinski definition) is 3. The van der Waals surface area contributed by atoms with E-state index in [2.05, 4.69) is 11.1 Å². The quantitative estimate of drug-likeness (QED) is 0.581. The molecule has 0 bridgehead atoms. The molecule has 0 aromatic rings. The van der Waals surface area contributed by atoms with E-state index in [0.717, 1.165) is 5.32 Å². The topological polar surface area (TPSA) is 92.4 Å². The van der Waals surface area contributed by atoms with Crippen molar-refractivity contribution in [2.24, 2.45) is 11.7 Å². The van der Waals surface area contributed by atoms with Gasteiger partial charge in [-0.05, 0) is 0 Å². The van der Waals surface area contributed by atoms with Crippen LogP contribution in [0, 0.1) is 5.92 Å². The van der Waals surface area contributed by atoms with E-state index >= 15 is 0 Å². The zero-order chi connectivity index (χ0) is 12.7. The number of carboxylic acids is 1. The third kappa shape index (κ3) is 5.49. The Bertz CT molecular complexity index is 246. The molecule has 0 aliphatic rings. The van der Waals surface area contributed by atoms with Crippen molar-refractivity contribution in [3.63, 3.8) is 0 Å². The summed E-state index contributed by atoms with van der Waals surface area (Å²) in [6, 6.07) is -1.45. The van der Waals surface area contributed by atoms with E-state index < -0.39 is 18.1 Å². The molecule has 0 spiro atoms. The molecular weight excluding hydrogens is 275 g/mol. The van der Waals surface area contributed by atoms with Crippen LogP contribution in [0.3, 0.4) is 0 Å². The minimum atomic E-state index is -1.02. The molecule has 0 aromatic heterocycles. The van der Waals surface area contributed by atoms with E-state index in [1.807, 2.05) is 0 Å². The number of nitrogens with two attached hydrogens (primary N) is 1. The maximum absolute atomic E-state index is 11.6. The molecule has 2 atom stereocenters. The van der Waals surface area contributed by atoms with Crippen molar-refractivity contribution in [2.45, 2.75) is 43.5 Å². The predicted molar refractivity (Wildman–Crippen MR) is 63.4 cm³/mol. The Balaban J connectivity index is 4.24. The summed E-state index contributed by atoms with van der Waals surface area (Å²) in [6.07, 6.45) is 0.618. The van der Waals surface area contributed by atoms with Gasteiger partial charge in [-0.3, -0.25) is 0 Å². The minimum absolute atomic E-state index is 0.149. The van der Waals surface area contributed by atoms with E-state index in [-0.39, 0.29) is 11.8 Å². The van der Waals surface area contributed by atoms with Crippen LogP contribution in [0.2, 0.25) is 11.1 Å². The maximum atomic E-state index is 11.6. The van der Waals surface area contributed by atoms with Crippen LogP contribution in [0.1, 0.15) is 20.3 Å². The predicted octanol–water partition coefficient (Wildman–Crippen LogP) is 0.0998. The molecule has 0 saturated heterocycles. The molecule has 16 heavy (non-hydrogen) atoms. The van der Waals surface area contributed by atoms with Gasteiger partial charge in [0.15, 0.2) is 0 Å². The number of carbonyl (C=O) groups excluding carboxylic acids is 1. The third-order valence-electron chi connectivity index (χ3n) is 2.20. The number of hydrogen-bond acceptors (Lipinski definition) is 3. The Morgan fingerprint density at radius 3 is 2.38 bits per heavy atom. The first-order valence-corrected chi connectivity index (χ1v) is 8.10. The second kappa shape index (κ2) is 7.65. The van der Waals surface area contributed by atoms with Crippen LogP contribution in [-0.2, 0) is 9.59 Å². The molecule has 0 radical (unpaired) electrons. The molecule has 0 saturated carbocycles. The van der Waals surface area contributed by atoms with Crippen LogP contribution in [0.15, 0.2) is 0 Å². The fraction of sp³-hybridized carbons (Fsp3) is 0.800. The van der Waals surface area contributed by atoms with E-state index in [0.29, 0.717) is 21.4 Å². The van der Waals surface area contributed by atoms with Crippen molar-refractivity contribution in [1.29, 1.82) is 0 Å². The Hall–Kier alpha value is -0.581. The van der Waals surface area contributed by atoms with Gasteiger partial charge >= 0.3 is 102 Å². The first kappa shape index (κ1) is 15.4. The molecular formula is C10H20N2O3Se. The third-order valence-corrected chi connectivity index (χ3v) is 3.55. The Morgan fingerprint density at radius 2 is 2.00 bits per heavy atom. The standard InChI is InChI=1S/C10H20N2O3Se/c1-6(2)8(10(14)15)12-9(13)7(11)4-5-16-3/h6-8H,4-5,11H2,1-3H3,(H,12,13)(H,14,15). The summed E-state index contributed by atoms with van der Waals surface area (Å²) in [6.45, 7) is 3.50. The van der Waals surface area contributed by atoms with Gasteiger partial charge in [0.25, 0.3) is 0 Å². The summed E-state index contributed by atoms with van der Waals surface area (Å²) in [4.78, 5) is 22.4.